The Morgan fingerprint density at radius 2 is 1.95 bits per heavy atom. The van der Waals surface area contributed by atoms with Gasteiger partial charge in [-0.2, -0.15) is 0 Å². The van der Waals surface area contributed by atoms with Crippen LogP contribution in [0, 0.1) is 0 Å². The number of methoxy groups -OCH3 is 2. The van der Waals surface area contributed by atoms with E-state index in [0.29, 0.717) is 17.9 Å². The van der Waals surface area contributed by atoms with Crippen LogP contribution in [0.1, 0.15) is 12.5 Å². The quantitative estimate of drug-likeness (QED) is 0.631. The van der Waals surface area contributed by atoms with Gasteiger partial charge in [-0.15, -0.1) is 0 Å². The zero-order valence-electron chi connectivity index (χ0n) is 12.2. The number of nitrogens with zero attached hydrogens (tertiary/aromatic N) is 1. The molecule has 1 heterocycles. The average Bonchev–Trinajstić information content (AvgIpc) is 2.81. The summed E-state index contributed by atoms with van der Waals surface area (Å²) in [5.41, 5.74) is 1.95. The largest absolute Gasteiger partial charge is 0.466 e. The predicted octanol–water partition coefficient (Wildman–Crippen LogP) is 2.19. The second-order valence-electron chi connectivity index (χ2n) is 4.29. The number of rotatable bonds is 3. The van der Waals surface area contributed by atoms with Crippen molar-refractivity contribution in [3.63, 3.8) is 0 Å². The third-order valence-electron chi connectivity index (χ3n) is 3.15. The molecule has 2 rings (SSSR count). The second-order valence-corrected chi connectivity index (χ2v) is 4.29. The number of hydrogen-bond acceptors (Lipinski definition) is 5. The van der Waals surface area contributed by atoms with Crippen molar-refractivity contribution in [2.24, 2.45) is 0 Å². The Balaban J connectivity index is 2.55. The summed E-state index contributed by atoms with van der Waals surface area (Å²) in [5.74, 6) is -0.503. The van der Waals surface area contributed by atoms with E-state index < -0.39 is 18.3 Å². The van der Waals surface area contributed by atoms with E-state index >= 15 is 0 Å². The first-order valence-corrected chi connectivity index (χ1v) is 6.51. The molecule has 0 radical (unpaired) electrons. The Morgan fingerprint density at radius 3 is 2.57 bits per heavy atom. The zero-order valence-corrected chi connectivity index (χ0v) is 12.2. The number of hydrogen-bond donors (Lipinski definition) is 0. The molecule has 0 aromatic heterocycles. The summed E-state index contributed by atoms with van der Waals surface area (Å²) >= 11 is 0. The minimum atomic E-state index is -0.709. The molecule has 0 N–H and O–H groups in total. The maximum atomic E-state index is 12.0. The molecule has 6 nitrogen and oxygen atoms in total. The Labute approximate surface area is 122 Å². The van der Waals surface area contributed by atoms with Gasteiger partial charge in [-0.1, -0.05) is 18.2 Å². The summed E-state index contributed by atoms with van der Waals surface area (Å²) < 4.78 is 15.1. The number of anilines is 1. The van der Waals surface area contributed by atoms with E-state index in [1.807, 2.05) is 19.1 Å². The Bertz CT molecular complexity index is 581. The SMILES string of the molecule is CCOC1/C(=C/C(=O)OC)c2ccccc2N1C(=O)OC. The van der Waals surface area contributed by atoms with Gasteiger partial charge in [-0.3, -0.25) is 0 Å². The van der Waals surface area contributed by atoms with E-state index in [4.69, 9.17) is 9.47 Å². The summed E-state index contributed by atoms with van der Waals surface area (Å²) in [5, 5.41) is 0. The Hall–Kier alpha value is -2.34. The standard InChI is InChI=1S/C15H17NO5/c1-4-21-14-11(9-13(17)19-2)10-7-5-6-8-12(10)16(14)15(18)20-3/h5-9,14H,4H2,1-3H3/b11-9+. The molecule has 0 bridgehead atoms. The van der Waals surface area contributed by atoms with Crippen LogP contribution in [0.15, 0.2) is 30.3 Å². The summed E-state index contributed by atoms with van der Waals surface area (Å²) in [4.78, 5) is 25.0. The van der Waals surface area contributed by atoms with Crippen LogP contribution in [0.3, 0.4) is 0 Å². The molecular formula is C15H17NO5. The lowest BCUT2D eigenvalue weighted by Gasteiger charge is -2.24. The second kappa shape index (κ2) is 6.41. The molecule has 1 aromatic rings. The fourth-order valence-corrected chi connectivity index (χ4v) is 2.28. The van der Waals surface area contributed by atoms with E-state index in [2.05, 4.69) is 4.74 Å². The number of para-hydroxylation sites is 1. The van der Waals surface area contributed by atoms with Gasteiger partial charge in [-0.25, -0.2) is 14.5 Å². The number of carbonyl (C=O) groups is 2. The van der Waals surface area contributed by atoms with E-state index in [-0.39, 0.29) is 0 Å². The van der Waals surface area contributed by atoms with Crippen molar-refractivity contribution >= 4 is 23.3 Å². The molecule has 0 fully saturated rings. The number of fused-ring (bicyclic) bond motifs is 1. The van der Waals surface area contributed by atoms with E-state index in [9.17, 15) is 9.59 Å². The Kier molecular flexibility index (Phi) is 4.59. The van der Waals surface area contributed by atoms with Gasteiger partial charge in [0, 0.05) is 23.8 Å². The lowest BCUT2D eigenvalue weighted by atomic mass is 10.1. The highest BCUT2D eigenvalue weighted by Gasteiger charge is 2.39. The summed E-state index contributed by atoms with van der Waals surface area (Å²) in [6, 6.07) is 7.22. The van der Waals surface area contributed by atoms with Gasteiger partial charge in [0.05, 0.1) is 19.9 Å². The minimum Gasteiger partial charge on any atom is -0.466 e. The van der Waals surface area contributed by atoms with Gasteiger partial charge in [-0.05, 0) is 13.0 Å². The highest BCUT2D eigenvalue weighted by molar-refractivity contribution is 6.05. The first kappa shape index (κ1) is 15.1. The van der Waals surface area contributed by atoms with Crippen molar-refractivity contribution in [1.82, 2.24) is 0 Å². The maximum Gasteiger partial charge on any atom is 0.416 e. The molecule has 1 aliphatic heterocycles. The fraction of sp³-hybridized carbons (Fsp3) is 0.333. The first-order valence-electron chi connectivity index (χ1n) is 6.51. The molecule has 1 atom stereocenters. The predicted molar refractivity (Wildman–Crippen MR) is 76.7 cm³/mol. The van der Waals surface area contributed by atoms with Gasteiger partial charge in [0.25, 0.3) is 0 Å². The number of benzene rings is 1. The lowest BCUT2D eigenvalue weighted by Crippen LogP contribution is -2.39. The summed E-state index contributed by atoms with van der Waals surface area (Å²) in [6.07, 6.45) is 0.0790. The van der Waals surface area contributed by atoms with Crippen molar-refractivity contribution in [3.05, 3.63) is 35.9 Å². The molecule has 0 spiro atoms. The highest BCUT2D eigenvalue weighted by atomic mass is 16.6. The molecular weight excluding hydrogens is 274 g/mol. The van der Waals surface area contributed by atoms with Crippen LogP contribution >= 0.6 is 0 Å². The molecule has 1 aromatic carbocycles. The van der Waals surface area contributed by atoms with Gasteiger partial charge in [0.15, 0.2) is 6.23 Å². The number of carbonyl (C=O) groups excluding carboxylic acids is 2. The van der Waals surface area contributed by atoms with Crippen LogP contribution in [0.25, 0.3) is 5.57 Å². The summed E-state index contributed by atoms with van der Waals surface area (Å²) in [6.45, 7) is 2.19. The molecule has 0 saturated carbocycles. The third-order valence-corrected chi connectivity index (χ3v) is 3.15. The maximum absolute atomic E-state index is 12.0. The van der Waals surface area contributed by atoms with Crippen molar-refractivity contribution in [1.29, 1.82) is 0 Å². The van der Waals surface area contributed by atoms with Gasteiger partial charge >= 0.3 is 12.1 Å². The Morgan fingerprint density at radius 1 is 1.24 bits per heavy atom. The third kappa shape index (κ3) is 2.75. The van der Waals surface area contributed by atoms with Crippen molar-refractivity contribution in [2.75, 3.05) is 25.7 Å². The monoisotopic (exact) mass is 291 g/mol. The van der Waals surface area contributed by atoms with Crippen molar-refractivity contribution in [2.45, 2.75) is 13.2 Å². The minimum absolute atomic E-state index is 0.380. The molecule has 1 unspecified atom stereocenters. The molecule has 6 heteroatoms. The topological polar surface area (TPSA) is 65.1 Å². The van der Waals surface area contributed by atoms with E-state index in [1.165, 1.54) is 25.2 Å². The van der Waals surface area contributed by atoms with Gasteiger partial charge < -0.3 is 14.2 Å². The zero-order chi connectivity index (χ0) is 15.4. The molecule has 112 valence electrons. The normalized spacial score (nSPS) is 18.5. The van der Waals surface area contributed by atoms with Gasteiger partial charge in [0.2, 0.25) is 0 Å². The number of ether oxygens (including phenoxy) is 3. The number of amides is 1. The molecule has 0 aliphatic carbocycles. The van der Waals surface area contributed by atoms with E-state index in [1.54, 1.807) is 12.1 Å². The fourth-order valence-electron chi connectivity index (χ4n) is 2.28. The number of esters is 1. The van der Waals surface area contributed by atoms with E-state index in [0.717, 1.165) is 5.56 Å². The molecule has 1 amide bonds. The molecule has 21 heavy (non-hydrogen) atoms. The first-order chi connectivity index (χ1) is 10.1. The van der Waals surface area contributed by atoms with Crippen LogP contribution < -0.4 is 4.90 Å². The average molecular weight is 291 g/mol. The smallest absolute Gasteiger partial charge is 0.416 e. The van der Waals surface area contributed by atoms with Gasteiger partial charge in [0.1, 0.15) is 0 Å². The van der Waals surface area contributed by atoms with Crippen LogP contribution in [0.4, 0.5) is 10.5 Å². The molecule has 1 aliphatic rings. The summed E-state index contributed by atoms with van der Waals surface area (Å²) in [7, 11) is 2.60. The van der Waals surface area contributed by atoms with Crippen LogP contribution in [-0.2, 0) is 19.0 Å². The van der Waals surface area contributed by atoms with Crippen LogP contribution in [0.5, 0.6) is 0 Å². The van der Waals surface area contributed by atoms with Crippen LogP contribution in [0.2, 0.25) is 0 Å². The lowest BCUT2D eigenvalue weighted by molar-refractivity contribution is -0.134. The van der Waals surface area contributed by atoms with Crippen LogP contribution in [-0.4, -0.2) is 39.1 Å². The van der Waals surface area contributed by atoms with Crippen molar-refractivity contribution < 1.29 is 23.8 Å². The highest BCUT2D eigenvalue weighted by Crippen LogP contribution is 2.41. The molecule has 0 saturated heterocycles. The van der Waals surface area contributed by atoms with Crippen molar-refractivity contribution in [3.8, 4) is 0 Å².